The van der Waals surface area contributed by atoms with Crippen LogP contribution in [0.3, 0.4) is 0 Å². The van der Waals surface area contributed by atoms with Crippen LogP contribution in [0.4, 0.5) is 0 Å². The van der Waals surface area contributed by atoms with Gasteiger partial charge in [-0.1, -0.05) is 85.5 Å². The van der Waals surface area contributed by atoms with Gasteiger partial charge in [0.25, 0.3) is 0 Å². The maximum Gasteiger partial charge on any atom is -0.0148 e. The van der Waals surface area contributed by atoms with Crippen LogP contribution in [0, 0.1) is 0 Å². The predicted octanol–water partition coefficient (Wildman–Crippen LogP) is 8.14. The SMILES string of the molecule is C=Cc1cccc(-c2ccc(C3=C(C=Cc4ccccc4)CCCC3)c3c2CC3)c1. The monoisotopic (exact) mass is 388 g/mol. The molecule has 148 valence electrons. The highest BCUT2D eigenvalue weighted by Gasteiger charge is 2.25. The molecule has 0 unspecified atom stereocenters. The molecule has 0 N–H and O–H groups in total. The fourth-order valence-corrected chi connectivity index (χ4v) is 4.90. The van der Waals surface area contributed by atoms with E-state index in [1.807, 2.05) is 6.08 Å². The van der Waals surface area contributed by atoms with E-state index < -0.39 is 0 Å². The second kappa shape index (κ2) is 8.32. The molecule has 0 heterocycles. The zero-order chi connectivity index (χ0) is 20.3. The number of allylic oxidation sites excluding steroid dienone is 3. The summed E-state index contributed by atoms with van der Waals surface area (Å²) in [5.41, 5.74) is 12.9. The van der Waals surface area contributed by atoms with E-state index in [1.165, 1.54) is 71.9 Å². The molecule has 0 heteroatoms. The molecule has 0 bridgehead atoms. The summed E-state index contributed by atoms with van der Waals surface area (Å²) in [6.07, 6.45) is 14.0. The molecule has 0 aliphatic heterocycles. The third-order valence-corrected chi connectivity index (χ3v) is 6.60. The lowest BCUT2D eigenvalue weighted by atomic mass is 9.75. The summed E-state index contributed by atoms with van der Waals surface area (Å²) < 4.78 is 0. The minimum absolute atomic E-state index is 1.19. The van der Waals surface area contributed by atoms with Gasteiger partial charge in [-0.3, -0.25) is 0 Å². The summed E-state index contributed by atoms with van der Waals surface area (Å²) in [4.78, 5) is 0. The second-order valence-corrected chi connectivity index (χ2v) is 8.40. The zero-order valence-corrected chi connectivity index (χ0v) is 17.5. The Morgan fingerprint density at radius 1 is 0.633 bits per heavy atom. The van der Waals surface area contributed by atoms with Crippen LogP contribution in [0.15, 0.2) is 85.0 Å². The first kappa shape index (κ1) is 18.9. The summed E-state index contributed by atoms with van der Waals surface area (Å²) >= 11 is 0. The maximum atomic E-state index is 3.93. The molecule has 0 amide bonds. The van der Waals surface area contributed by atoms with Crippen molar-refractivity contribution in [1.29, 1.82) is 0 Å². The van der Waals surface area contributed by atoms with Gasteiger partial charge in [-0.05, 0) is 94.7 Å². The van der Waals surface area contributed by atoms with Crippen molar-refractivity contribution in [2.24, 2.45) is 0 Å². The Labute approximate surface area is 180 Å². The zero-order valence-electron chi connectivity index (χ0n) is 17.5. The van der Waals surface area contributed by atoms with Crippen LogP contribution < -0.4 is 0 Å². The summed E-state index contributed by atoms with van der Waals surface area (Å²) in [7, 11) is 0. The Kier molecular flexibility index (Phi) is 5.24. The summed E-state index contributed by atoms with van der Waals surface area (Å²) in [5.74, 6) is 0. The fraction of sp³-hybridized carbons (Fsp3) is 0.200. The minimum Gasteiger partial charge on any atom is -0.0985 e. The lowest BCUT2D eigenvalue weighted by Crippen LogP contribution is -2.14. The largest absolute Gasteiger partial charge is 0.0985 e. The minimum atomic E-state index is 1.19. The maximum absolute atomic E-state index is 3.93. The molecule has 0 fully saturated rings. The van der Waals surface area contributed by atoms with Gasteiger partial charge in [0, 0.05) is 0 Å². The molecule has 3 aromatic carbocycles. The molecule has 0 spiro atoms. The number of benzene rings is 3. The van der Waals surface area contributed by atoms with E-state index >= 15 is 0 Å². The van der Waals surface area contributed by atoms with Gasteiger partial charge >= 0.3 is 0 Å². The van der Waals surface area contributed by atoms with Crippen molar-refractivity contribution in [3.05, 3.63) is 113 Å². The van der Waals surface area contributed by atoms with E-state index in [0.29, 0.717) is 0 Å². The van der Waals surface area contributed by atoms with Crippen molar-refractivity contribution in [2.45, 2.75) is 38.5 Å². The van der Waals surface area contributed by atoms with Crippen LogP contribution in [0.1, 0.15) is 53.5 Å². The van der Waals surface area contributed by atoms with E-state index in [9.17, 15) is 0 Å². The van der Waals surface area contributed by atoms with E-state index in [2.05, 4.69) is 85.5 Å². The topological polar surface area (TPSA) is 0 Å². The van der Waals surface area contributed by atoms with E-state index in [1.54, 1.807) is 16.7 Å². The molecule has 30 heavy (non-hydrogen) atoms. The van der Waals surface area contributed by atoms with Crippen LogP contribution in [-0.2, 0) is 12.8 Å². The van der Waals surface area contributed by atoms with Gasteiger partial charge in [-0.15, -0.1) is 0 Å². The van der Waals surface area contributed by atoms with Crippen molar-refractivity contribution in [1.82, 2.24) is 0 Å². The van der Waals surface area contributed by atoms with Crippen LogP contribution in [0.2, 0.25) is 0 Å². The summed E-state index contributed by atoms with van der Waals surface area (Å²) in [6, 6.07) is 24.2. The normalized spacial score (nSPS) is 15.7. The molecule has 3 aromatic rings. The van der Waals surface area contributed by atoms with Gasteiger partial charge in [-0.25, -0.2) is 0 Å². The lowest BCUT2D eigenvalue weighted by Gasteiger charge is -2.29. The van der Waals surface area contributed by atoms with Gasteiger partial charge in [0.2, 0.25) is 0 Å². The number of fused-ring (bicyclic) bond motifs is 1. The summed E-state index contributed by atoms with van der Waals surface area (Å²) in [6.45, 7) is 3.93. The standard InChI is InChI=1S/C30H28/c1-2-22-11-8-13-25(21-22)27-17-18-28(30-20-19-29(27)30)26-14-7-6-12-24(26)16-15-23-9-4-3-5-10-23/h2-5,8-11,13,15-18,21H,1,6-7,12,14,19-20H2. The molecular formula is C30H28. The van der Waals surface area contributed by atoms with Crippen LogP contribution in [0.25, 0.3) is 28.9 Å². The Bertz CT molecular complexity index is 1140. The Balaban J connectivity index is 1.54. The molecule has 0 aromatic heterocycles. The Hall–Kier alpha value is -3.12. The molecule has 2 aliphatic carbocycles. The number of hydrogen-bond acceptors (Lipinski definition) is 0. The Morgan fingerprint density at radius 3 is 2.17 bits per heavy atom. The molecule has 0 radical (unpaired) electrons. The fourth-order valence-electron chi connectivity index (χ4n) is 4.90. The van der Waals surface area contributed by atoms with Crippen molar-refractivity contribution in [3.8, 4) is 11.1 Å². The van der Waals surface area contributed by atoms with Crippen LogP contribution >= 0.6 is 0 Å². The highest BCUT2D eigenvalue weighted by atomic mass is 14.3. The third-order valence-electron chi connectivity index (χ3n) is 6.60. The molecule has 0 saturated heterocycles. The van der Waals surface area contributed by atoms with Crippen molar-refractivity contribution in [3.63, 3.8) is 0 Å². The average molecular weight is 389 g/mol. The quantitative estimate of drug-likeness (QED) is 0.414. The molecule has 0 atom stereocenters. The first-order valence-electron chi connectivity index (χ1n) is 11.2. The molecule has 2 aliphatic rings. The first-order valence-corrected chi connectivity index (χ1v) is 11.2. The van der Waals surface area contributed by atoms with E-state index in [4.69, 9.17) is 0 Å². The van der Waals surface area contributed by atoms with Crippen LogP contribution in [-0.4, -0.2) is 0 Å². The molecule has 0 nitrogen and oxygen atoms in total. The van der Waals surface area contributed by atoms with Gasteiger partial charge in [-0.2, -0.15) is 0 Å². The summed E-state index contributed by atoms with van der Waals surface area (Å²) in [5, 5.41) is 0. The molecule has 0 saturated carbocycles. The van der Waals surface area contributed by atoms with Gasteiger partial charge < -0.3 is 0 Å². The van der Waals surface area contributed by atoms with Gasteiger partial charge in [0.05, 0.1) is 0 Å². The third kappa shape index (κ3) is 3.59. The highest BCUT2D eigenvalue weighted by molar-refractivity contribution is 5.82. The van der Waals surface area contributed by atoms with E-state index in [-0.39, 0.29) is 0 Å². The van der Waals surface area contributed by atoms with E-state index in [0.717, 1.165) is 0 Å². The van der Waals surface area contributed by atoms with Crippen molar-refractivity contribution >= 4 is 17.7 Å². The lowest BCUT2D eigenvalue weighted by molar-refractivity contribution is 0.721. The Morgan fingerprint density at radius 2 is 1.37 bits per heavy atom. The number of rotatable bonds is 5. The average Bonchev–Trinajstić information content (AvgIpc) is 2.79. The molecular weight excluding hydrogens is 360 g/mol. The molecule has 5 rings (SSSR count). The van der Waals surface area contributed by atoms with Gasteiger partial charge in [0.1, 0.15) is 0 Å². The van der Waals surface area contributed by atoms with Gasteiger partial charge in [0.15, 0.2) is 0 Å². The first-order chi connectivity index (χ1) is 14.8. The second-order valence-electron chi connectivity index (χ2n) is 8.40. The van der Waals surface area contributed by atoms with Crippen molar-refractivity contribution in [2.75, 3.05) is 0 Å². The van der Waals surface area contributed by atoms with Crippen molar-refractivity contribution < 1.29 is 0 Å². The number of hydrogen-bond donors (Lipinski definition) is 0. The van der Waals surface area contributed by atoms with Crippen LogP contribution in [0.5, 0.6) is 0 Å². The predicted molar refractivity (Wildman–Crippen MR) is 130 cm³/mol. The highest BCUT2D eigenvalue weighted by Crippen LogP contribution is 2.42. The smallest absolute Gasteiger partial charge is 0.0148 e.